The van der Waals surface area contributed by atoms with E-state index in [0.717, 1.165) is 18.4 Å². The van der Waals surface area contributed by atoms with Gasteiger partial charge in [-0.25, -0.2) is 4.79 Å². The van der Waals surface area contributed by atoms with Gasteiger partial charge < -0.3 is 15.2 Å². The minimum atomic E-state index is -0.923. The van der Waals surface area contributed by atoms with Crippen molar-refractivity contribution in [2.75, 3.05) is 6.54 Å². The van der Waals surface area contributed by atoms with E-state index in [-0.39, 0.29) is 11.5 Å². The highest BCUT2D eigenvalue weighted by Crippen LogP contribution is 2.15. The van der Waals surface area contributed by atoms with Gasteiger partial charge in [0.1, 0.15) is 5.75 Å². The lowest BCUT2D eigenvalue weighted by atomic mass is 10.00. The minimum Gasteiger partial charge on any atom is -0.508 e. The highest BCUT2D eigenvalue weighted by atomic mass is 16.6. The van der Waals surface area contributed by atoms with Gasteiger partial charge in [-0.15, -0.1) is 0 Å². The van der Waals surface area contributed by atoms with Crippen molar-refractivity contribution in [3.8, 4) is 5.75 Å². The van der Waals surface area contributed by atoms with E-state index in [9.17, 15) is 14.7 Å². The molecular weight excluding hydrogens is 318 g/mol. The molecule has 1 amide bonds. The highest BCUT2D eigenvalue weighted by molar-refractivity contribution is 6.00. The van der Waals surface area contributed by atoms with Crippen molar-refractivity contribution in [3.63, 3.8) is 0 Å². The molecule has 0 heterocycles. The van der Waals surface area contributed by atoms with Crippen LogP contribution in [0.4, 0.5) is 4.79 Å². The fourth-order valence-corrected chi connectivity index (χ4v) is 2.37. The van der Waals surface area contributed by atoms with Crippen LogP contribution in [0.2, 0.25) is 0 Å². The molecule has 25 heavy (non-hydrogen) atoms. The fraction of sp³-hybridized carbons (Fsp3) is 0.300. The van der Waals surface area contributed by atoms with Crippen molar-refractivity contribution in [2.24, 2.45) is 0 Å². The normalized spacial score (nSPS) is 11.6. The molecule has 1 atom stereocenters. The first kappa shape index (κ1) is 18.5. The maximum absolute atomic E-state index is 12.7. The molecule has 5 heteroatoms. The molecule has 0 saturated heterocycles. The number of alkyl carbamates (subject to hydrolysis) is 1. The molecule has 132 valence electrons. The van der Waals surface area contributed by atoms with Gasteiger partial charge in [0.2, 0.25) is 5.78 Å². The van der Waals surface area contributed by atoms with Gasteiger partial charge in [-0.1, -0.05) is 43.7 Å². The van der Waals surface area contributed by atoms with Crippen molar-refractivity contribution in [1.29, 1.82) is 0 Å². The van der Waals surface area contributed by atoms with Gasteiger partial charge in [-0.2, -0.15) is 0 Å². The van der Waals surface area contributed by atoms with Gasteiger partial charge in [0.05, 0.1) is 0 Å². The Bertz CT molecular complexity index is 683. The minimum absolute atomic E-state index is 0.0781. The Balaban J connectivity index is 2.11. The number of amides is 1. The second kappa shape index (κ2) is 9.47. The first-order chi connectivity index (χ1) is 12.1. The summed E-state index contributed by atoms with van der Waals surface area (Å²) in [5, 5.41) is 12.0. The van der Waals surface area contributed by atoms with Crippen LogP contribution in [0.3, 0.4) is 0 Å². The van der Waals surface area contributed by atoms with Crippen LogP contribution in [0.1, 0.15) is 35.7 Å². The summed E-state index contributed by atoms with van der Waals surface area (Å²) in [6.45, 7) is 2.54. The van der Waals surface area contributed by atoms with E-state index in [4.69, 9.17) is 4.74 Å². The second-order valence-corrected chi connectivity index (χ2v) is 5.78. The molecule has 2 rings (SSSR count). The van der Waals surface area contributed by atoms with Gasteiger partial charge in [-0.3, -0.25) is 4.79 Å². The van der Waals surface area contributed by atoms with Crippen LogP contribution in [-0.4, -0.2) is 29.6 Å². The van der Waals surface area contributed by atoms with Crippen molar-refractivity contribution < 1.29 is 19.4 Å². The molecule has 1 unspecified atom stereocenters. The first-order valence-corrected chi connectivity index (χ1v) is 8.41. The summed E-state index contributed by atoms with van der Waals surface area (Å²) in [6.07, 6.45) is 0.585. The zero-order valence-electron chi connectivity index (χ0n) is 14.3. The second-order valence-electron chi connectivity index (χ2n) is 5.78. The third kappa shape index (κ3) is 5.95. The number of aromatic hydroxyl groups is 1. The maximum atomic E-state index is 12.7. The Morgan fingerprint density at radius 2 is 1.76 bits per heavy atom. The fourth-order valence-electron chi connectivity index (χ4n) is 2.37. The SMILES string of the molecule is CCCCNC(=O)OC(Cc1ccccc1)C(=O)c1ccc(O)cc1. The van der Waals surface area contributed by atoms with Gasteiger partial charge in [0, 0.05) is 18.5 Å². The number of rotatable bonds is 8. The summed E-state index contributed by atoms with van der Waals surface area (Å²) in [7, 11) is 0. The summed E-state index contributed by atoms with van der Waals surface area (Å²) in [5.74, 6) is -0.219. The average Bonchev–Trinajstić information content (AvgIpc) is 2.62. The van der Waals surface area contributed by atoms with Crippen molar-refractivity contribution >= 4 is 11.9 Å². The number of carbonyl (C=O) groups is 2. The number of benzene rings is 2. The summed E-state index contributed by atoms with van der Waals surface area (Å²) in [4.78, 5) is 24.7. The molecular formula is C20H23NO4. The van der Waals surface area contributed by atoms with E-state index in [1.165, 1.54) is 24.3 Å². The van der Waals surface area contributed by atoms with E-state index in [2.05, 4.69) is 5.32 Å². The molecule has 2 aromatic carbocycles. The zero-order chi connectivity index (χ0) is 18.1. The predicted molar refractivity (Wildman–Crippen MR) is 95.8 cm³/mol. The number of ether oxygens (including phenoxy) is 1. The molecule has 0 aliphatic carbocycles. The Hall–Kier alpha value is -2.82. The predicted octanol–water partition coefficient (Wildman–Crippen LogP) is 3.71. The molecule has 0 aliphatic heterocycles. The summed E-state index contributed by atoms with van der Waals surface area (Å²) >= 11 is 0. The van der Waals surface area contributed by atoms with Gasteiger partial charge in [-0.05, 0) is 36.2 Å². The number of hydrogen-bond donors (Lipinski definition) is 2. The smallest absolute Gasteiger partial charge is 0.407 e. The summed E-state index contributed by atoms with van der Waals surface area (Å²) in [6, 6.07) is 15.3. The van der Waals surface area contributed by atoms with Crippen LogP contribution in [0, 0.1) is 0 Å². The lowest BCUT2D eigenvalue weighted by Crippen LogP contribution is -2.35. The maximum Gasteiger partial charge on any atom is 0.407 e. The molecule has 0 bridgehead atoms. The molecule has 0 aliphatic rings. The first-order valence-electron chi connectivity index (χ1n) is 8.41. The average molecular weight is 341 g/mol. The van der Waals surface area contributed by atoms with Crippen LogP contribution in [0.15, 0.2) is 54.6 Å². The number of phenolic OH excluding ortho intramolecular Hbond substituents is 1. The number of nitrogens with one attached hydrogen (secondary N) is 1. The molecule has 0 spiro atoms. The van der Waals surface area contributed by atoms with Crippen LogP contribution < -0.4 is 5.32 Å². The highest BCUT2D eigenvalue weighted by Gasteiger charge is 2.24. The Morgan fingerprint density at radius 1 is 1.08 bits per heavy atom. The summed E-state index contributed by atoms with van der Waals surface area (Å²) in [5.41, 5.74) is 1.29. The number of Topliss-reactive ketones (excluding diaryl/α,β-unsaturated/α-hetero) is 1. The number of carbonyl (C=O) groups excluding carboxylic acids is 2. The molecule has 2 aromatic rings. The van der Waals surface area contributed by atoms with E-state index in [0.29, 0.717) is 18.5 Å². The quantitative estimate of drug-likeness (QED) is 0.567. The third-order valence-electron chi connectivity index (χ3n) is 3.76. The number of ketones is 1. The van der Waals surface area contributed by atoms with E-state index in [1.54, 1.807) is 0 Å². The monoisotopic (exact) mass is 341 g/mol. The Labute approximate surface area is 147 Å². The van der Waals surface area contributed by atoms with Crippen LogP contribution in [0.25, 0.3) is 0 Å². The van der Waals surface area contributed by atoms with Gasteiger partial charge in [0.25, 0.3) is 0 Å². The molecule has 0 saturated carbocycles. The van der Waals surface area contributed by atoms with Gasteiger partial charge in [0.15, 0.2) is 6.10 Å². The largest absolute Gasteiger partial charge is 0.508 e. The number of unbranched alkanes of at least 4 members (excludes halogenated alkanes) is 1. The van der Waals surface area contributed by atoms with Crippen molar-refractivity contribution in [3.05, 3.63) is 65.7 Å². The topological polar surface area (TPSA) is 75.6 Å². The van der Waals surface area contributed by atoms with Crippen molar-refractivity contribution in [2.45, 2.75) is 32.3 Å². The van der Waals surface area contributed by atoms with E-state index in [1.807, 2.05) is 37.3 Å². The van der Waals surface area contributed by atoms with E-state index < -0.39 is 12.2 Å². The molecule has 0 radical (unpaired) electrons. The third-order valence-corrected chi connectivity index (χ3v) is 3.76. The molecule has 5 nitrogen and oxygen atoms in total. The van der Waals surface area contributed by atoms with Gasteiger partial charge >= 0.3 is 6.09 Å². The Morgan fingerprint density at radius 3 is 2.40 bits per heavy atom. The number of phenols is 1. The van der Waals surface area contributed by atoms with Crippen LogP contribution in [-0.2, 0) is 11.2 Å². The lowest BCUT2D eigenvalue weighted by Gasteiger charge is -2.17. The standard InChI is InChI=1S/C20H23NO4/c1-2-3-13-21-20(24)25-18(14-15-7-5-4-6-8-15)19(23)16-9-11-17(22)12-10-16/h4-12,18,22H,2-3,13-14H2,1H3,(H,21,24). The van der Waals surface area contributed by atoms with Crippen LogP contribution >= 0.6 is 0 Å². The zero-order valence-corrected chi connectivity index (χ0v) is 14.3. The van der Waals surface area contributed by atoms with Crippen molar-refractivity contribution in [1.82, 2.24) is 5.32 Å². The molecule has 2 N–H and O–H groups in total. The lowest BCUT2D eigenvalue weighted by molar-refractivity contribution is 0.0630. The Kier molecular flexibility index (Phi) is 7.01. The number of hydrogen-bond acceptors (Lipinski definition) is 4. The van der Waals surface area contributed by atoms with E-state index >= 15 is 0 Å². The molecule has 0 fully saturated rings. The van der Waals surface area contributed by atoms with Crippen LogP contribution in [0.5, 0.6) is 5.75 Å². The molecule has 0 aromatic heterocycles. The summed E-state index contributed by atoms with van der Waals surface area (Å²) < 4.78 is 5.39.